The van der Waals surface area contributed by atoms with Crippen molar-refractivity contribution in [3.63, 3.8) is 0 Å². The van der Waals surface area contributed by atoms with Gasteiger partial charge in [-0.05, 0) is 13.0 Å². The molecule has 1 rings (SSSR count). The smallest absolute Gasteiger partial charge is 0.102 e. The molecule has 1 unspecified atom stereocenters. The van der Waals surface area contributed by atoms with Crippen molar-refractivity contribution in [2.24, 2.45) is 0 Å². The minimum absolute atomic E-state index is 0.459. The van der Waals surface area contributed by atoms with Gasteiger partial charge in [0.15, 0.2) is 0 Å². The molecule has 0 bridgehead atoms. The van der Waals surface area contributed by atoms with Gasteiger partial charge in [0.1, 0.15) is 4.34 Å². The van der Waals surface area contributed by atoms with E-state index in [4.69, 9.17) is 28.3 Å². The molecule has 4 heteroatoms. The topological polar surface area (TPSA) is 20.2 Å². The fraction of sp³-hybridized carbons (Fsp3) is 0.250. The van der Waals surface area contributed by atoms with Crippen LogP contribution in [0.1, 0.15) is 12.5 Å². The van der Waals surface area contributed by atoms with Crippen molar-refractivity contribution in [1.29, 1.82) is 0 Å². The number of rotatable bonds is 2. The zero-order valence-electron chi connectivity index (χ0n) is 6.42. The van der Waals surface area contributed by atoms with Gasteiger partial charge in [0, 0.05) is 5.56 Å². The van der Waals surface area contributed by atoms with E-state index >= 15 is 0 Å². The van der Waals surface area contributed by atoms with Crippen LogP contribution in [0.2, 0.25) is 8.67 Å². The van der Waals surface area contributed by atoms with Crippen LogP contribution < -0.4 is 0 Å². The van der Waals surface area contributed by atoms with Crippen LogP contribution in [-0.2, 0) is 0 Å². The van der Waals surface area contributed by atoms with Crippen LogP contribution in [0.15, 0.2) is 12.1 Å². The number of aliphatic hydroxyl groups is 1. The van der Waals surface area contributed by atoms with Crippen LogP contribution in [-0.4, -0.2) is 11.2 Å². The van der Waals surface area contributed by atoms with E-state index in [1.807, 2.05) is 0 Å². The van der Waals surface area contributed by atoms with Gasteiger partial charge in [0.05, 0.1) is 10.4 Å². The molecular weight excluding hydrogens is 215 g/mol. The lowest BCUT2D eigenvalue weighted by Crippen LogP contribution is -1.90. The standard InChI is InChI=1S/C8H8Cl2OS/c1-5(11)2-3-6-4-7(9)12-8(6)10/h2-5,11H,1H3/b3-2+. The second kappa shape index (κ2) is 4.28. The maximum absolute atomic E-state index is 8.95. The average molecular weight is 223 g/mol. The predicted octanol–water partition coefficient (Wildman–Crippen LogP) is 3.45. The first-order valence-corrected chi connectivity index (χ1v) is 4.98. The van der Waals surface area contributed by atoms with Crippen molar-refractivity contribution in [1.82, 2.24) is 0 Å². The van der Waals surface area contributed by atoms with E-state index in [1.165, 1.54) is 11.3 Å². The summed E-state index contributed by atoms with van der Waals surface area (Å²) in [6.07, 6.45) is 2.96. The molecule has 1 aromatic heterocycles. The van der Waals surface area contributed by atoms with Crippen molar-refractivity contribution in [3.05, 3.63) is 26.4 Å². The van der Waals surface area contributed by atoms with Crippen LogP contribution >= 0.6 is 34.5 Å². The lowest BCUT2D eigenvalue weighted by atomic mass is 10.2. The Morgan fingerprint density at radius 1 is 1.58 bits per heavy atom. The number of aliphatic hydroxyl groups excluding tert-OH is 1. The Labute approximate surface area is 85.2 Å². The molecule has 1 heterocycles. The van der Waals surface area contributed by atoms with Gasteiger partial charge in [0.25, 0.3) is 0 Å². The first-order chi connectivity index (χ1) is 5.59. The van der Waals surface area contributed by atoms with Gasteiger partial charge >= 0.3 is 0 Å². The van der Waals surface area contributed by atoms with Crippen LogP contribution in [0.3, 0.4) is 0 Å². The van der Waals surface area contributed by atoms with Crippen molar-refractivity contribution in [2.75, 3.05) is 0 Å². The van der Waals surface area contributed by atoms with Crippen molar-refractivity contribution in [3.8, 4) is 0 Å². The Kier molecular flexibility index (Phi) is 3.59. The minimum Gasteiger partial charge on any atom is -0.389 e. The van der Waals surface area contributed by atoms with Crippen molar-refractivity contribution in [2.45, 2.75) is 13.0 Å². The number of hydrogen-bond donors (Lipinski definition) is 1. The summed E-state index contributed by atoms with van der Waals surface area (Å²) >= 11 is 12.9. The lowest BCUT2D eigenvalue weighted by Gasteiger charge is -1.92. The summed E-state index contributed by atoms with van der Waals surface area (Å²) in [6, 6.07) is 1.77. The molecule has 66 valence electrons. The molecule has 1 N–H and O–H groups in total. The zero-order chi connectivity index (χ0) is 9.14. The van der Waals surface area contributed by atoms with Gasteiger partial charge in [-0.25, -0.2) is 0 Å². The Balaban J connectivity index is 2.81. The second-order valence-electron chi connectivity index (χ2n) is 2.38. The Morgan fingerprint density at radius 3 is 2.67 bits per heavy atom. The molecule has 0 saturated carbocycles. The molecule has 1 atom stereocenters. The van der Waals surface area contributed by atoms with Crippen LogP contribution in [0, 0.1) is 0 Å². The van der Waals surface area contributed by atoms with Gasteiger partial charge in [0.2, 0.25) is 0 Å². The summed E-state index contributed by atoms with van der Waals surface area (Å²) in [5, 5.41) is 8.95. The molecule has 0 aliphatic carbocycles. The van der Waals surface area contributed by atoms with Gasteiger partial charge in [-0.15, -0.1) is 11.3 Å². The minimum atomic E-state index is -0.459. The van der Waals surface area contributed by atoms with Gasteiger partial charge < -0.3 is 5.11 Å². The molecule has 0 fully saturated rings. The largest absolute Gasteiger partial charge is 0.389 e. The molecule has 0 saturated heterocycles. The van der Waals surface area contributed by atoms with E-state index in [0.29, 0.717) is 8.67 Å². The van der Waals surface area contributed by atoms with E-state index in [1.54, 1.807) is 25.1 Å². The lowest BCUT2D eigenvalue weighted by molar-refractivity contribution is 0.245. The van der Waals surface area contributed by atoms with E-state index in [2.05, 4.69) is 0 Å². The van der Waals surface area contributed by atoms with E-state index in [-0.39, 0.29) is 0 Å². The van der Waals surface area contributed by atoms with Crippen LogP contribution in [0.25, 0.3) is 6.08 Å². The summed E-state index contributed by atoms with van der Waals surface area (Å²) in [5.74, 6) is 0. The van der Waals surface area contributed by atoms with Crippen molar-refractivity contribution < 1.29 is 5.11 Å². The molecule has 0 amide bonds. The van der Waals surface area contributed by atoms with Gasteiger partial charge in [-0.3, -0.25) is 0 Å². The normalized spacial score (nSPS) is 14.0. The Morgan fingerprint density at radius 2 is 2.25 bits per heavy atom. The molecular formula is C8H8Cl2OS. The van der Waals surface area contributed by atoms with Crippen LogP contribution in [0.5, 0.6) is 0 Å². The third-order valence-electron chi connectivity index (χ3n) is 1.24. The second-order valence-corrected chi connectivity index (χ2v) is 4.66. The van der Waals surface area contributed by atoms with E-state index < -0.39 is 6.10 Å². The molecule has 0 aliphatic rings. The molecule has 1 aromatic rings. The number of hydrogen-bond acceptors (Lipinski definition) is 2. The summed E-state index contributed by atoms with van der Waals surface area (Å²) in [6.45, 7) is 1.68. The van der Waals surface area contributed by atoms with Crippen LogP contribution in [0.4, 0.5) is 0 Å². The fourth-order valence-corrected chi connectivity index (χ4v) is 2.15. The summed E-state index contributed by atoms with van der Waals surface area (Å²) < 4.78 is 1.31. The Hall–Kier alpha value is -0.0200. The SMILES string of the molecule is CC(O)/C=C/c1cc(Cl)sc1Cl. The quantitative estimate of drug-likeness (QED) is 0.814. The third kappa shape index (κ3) is 2.79. The third-order valence-corrected chi connectivity index (χ3v) is 2.76. The highest BCUT2D eigenvalue weighted by molar-refractivity contribution is 7.20. The molecule has 12 heavy (non-hydrogen) atoms. The van der Waals surface area contributed by atoms with Gasteiger partial charge in [-0.1, -0.05) is 35.4 Å². The monoisotopic (exact) mass is 222 g/mol. The molecule has 0 aromatic carbocycles. The highest BCUT2D eigenvalue weighted by atomic mass is 35.5. The predicted molar refractivity (Wildman–Crippen MR) is 55.1 cm³/mol. The Bertz CT molecular complexity index is 291. The maximum atomic E-state index is 8.95. The summed E-state index contributed by atoms with van der Waals surface area (Å²) in [7, 11) is 0. The molecule has 0 aliphatic heterocycles. The van der Waals surface area contributed by atoms with Crippen molar-refractivity contribution >= 4 is 40.6 Å². The average Bonchev–Trinajstić information content (AvgIpc) is 2.26. The highest BCUT2D eigenvalue weighted by Gasteiger charge is 2.01. The number of halogens is 2. The maximum Gasteiger partial charge on any atom is 0.102 e. The number of thiophene rings is 1. The molecule has 0 spiro atoms. The van der Waals surface area contributed by atoms with Gasteiger partial charge in [-0.2, -0.15) is 0 Å². The van der Waals surface area contributed by atoms with E-state index in [9.17, 15) is 0 Å². The van der Waals surface area contributed by atoms with E-state index in [0.717, 1.165) is 5.56 Å². The molecule has 1 nitrogen and oxygen atoms in total. The molecule has 0 radical (unpaired) electrons. The first kappa shape index (κ1) is 10.1. The highest BCUT2D eigenvalue weighted by Crippen LogP contribution is 2.31. The summed E-state index contributed by atoms with van der Waals surface area (Å²) in [5.41, 5.74) is 0.854. The zero-order valence-corrected chi connectivity index (χ0v) is 8.75. The summed E-state index contributed by atoms with van der Waals surface area (Å²) in [4.78, 5) is 0. The fourth-order valence-electron chi connectivity index (χ4n) is 0.710. The first-order valence-electron chi connectivity index (χ1n) is 3.40.